The van der Waals surface area contributed by atoms with Crippen LogP contribution in [0.5, 0.6) is 5.88 Å². The van der Waals surface area contributed by atoms with Gasteiger partial charge < -0.3 is 10.1 Å². The highest BCUT2D eigenvalue weighted by molar-refractivity contribution is 5.33. The molecule has 4 nitrogen and oxygen atoms in total. The van der Waals surface area contributed by atoms with Crippen LogP contribution in [0.3, 0.4) is 0 Å². The number of nitrogens with zero attached hydrogens (tertiary/aromatic N) is 2. The van der Waals surface area contributed by atoms with Crippen LogP contribution in [0.15, 0.2) is 6.07 Å². The minimum atomic E-state index is 0.585. The molecule has 0 radical (unpaired) electrons. The molecule has 2 aliphatic carbocycles. The molecule has 1 heterocycles. The van der Waals surface area contributed by atoms with Gasteiger partial charge in [0.2, 0.25) is 11.8 Å². The third-order valence-electron chi connectivity index (χ3n) is 3.68. The Hall–Kier alpha value is -1.32. The van der Waals surface area contributed by atoms with E-state index in [1.54, 1.807) is 0 Å². The summed E-state index contributed by atoms with van der Waals surface area (Å²) in [5.41, 5.74) is 0.960. The first-order valence-corrected chi connectivity index (χ1v) is 7.01. The van der Waals surface area contributed by atoms with Gasteiger partial charge in [-0.25, -0.2) is 4.98 Å². The van der Waals surface area contributed by atoms with Crippen molar-refractivity contribution in [3.8, 4) is 5.88 Å². The second-order valence-corrected chi connectivity index (χ2v) is 5.45. The van der Waals surface area contributed by atoms with Gasteiger partial charge in [-0.05, 0) is 51.4 Å². The molecule has 0 aliphatic heterocycles. The van der Waals surface area contributed by atoms with Gasteiger partial charge in [0.15, 0.2) is 0 Å². The normalized spacial score (nSPS) is 19.1. The Balaban J connectivity index is 1.73. The lowest BCUT2D eigenvalue weighted by atomic mass is 10.1. The minimum Gasteiger partial charge on any atom is -0.478 e. The van der Waals surface area contributed by atoms with Gasteiger partial charge in [-0.1, -0.05) is 0 Å². The largest absolute Gasteiger partial charge is 0.478 e. The molecule has 18 heavy (non-hydrogen) atoms. The molecule has 0 unspecified atom stereocenters. The molecule has 1 aromatic heterocycles. The minimum absolute atomic E-state index is 0.585. The summed E-state index contributed by atoms with van der Waals surface area (Å²) >= 11 is 0. The molecule has 0 bridgehead atoms. The van der Waals surface area contributed by atoms with Crippen molar-refractivity contribution in [3.63, 3.8) is 0 Å². The zero-order chi connectivity index (χ0) is 12.5. The van der Waals surface area contributed by atoms with E-state index in [-0.39, 0.29) is 0 Å². The number of anilines is 1. The molecule has 0 aromatic carbocycles. The van der Waals surface area contributed by atoms with E-state index >= 15 is 0 Å². The van der Waals surface area contributed by atoms with E-state index in [9.17, 15) is 0 Å². The molecule has 0 atom stereocenters. The van der Waals surface area contributed by atoms with Crippen LogP contribution in [0.25, 0.3) is 0 Å². The van der Waals surface area contributed by atoms with Crippen LogP contribution in [0.1, 0.15) is 38.3 Å². The third kappa shape index (κ3) is 2.74. The summed E-state index contributed by atoms with van der Waals surface area (Å²) in [6.45, 7) is 4.60. The topological polar surface area (TPSA) is 47.0 Å². The number of hydrogen-bond donors (Lipinski definition) is 1. The van der Waals surface area contributed by atoms with E-state index in [1.807, 2.05) is 19.9 Å². The smallest absolute Gasteiger partial charge is 0.226 e. The first kappa shape index (κ1) is 11.8. The highest BCUT2D eigenvalue weighted by atomic mass is 16.5. The number of rotatable bonds is 6. The van der Waals surface area contributed by atoms with Crippen molar-refractivity contribution < 1.29 is 4.74 Å². The molecular formula is C14H21N3O. The Morgan fingerprint density at radius 3 is 2.50 bits per heavy atom. The van der Waals surface area contributed by atoms with E-state index in [4.69, 9.17) is 4.74 Å². The van der Waals surface area contributed by atoms with Crippen molar-refractivity contribution in [1.82, 2.24) is 9.97 Å². The van der Waals surface area contributed by atoms with E-state index in [0.29, 0.717) is 18.5 Å². The fourth-order valence-corrected chi connectivity index (χ4v) is 2.51. The van der Waals surface area contributed by atoms with Gasteiger partial charge in [-0.3, -0.25) is 0 Å². The Morgan fingerprint density at radius 2 is 1.94 bits per heavy atom. The van der Waals surface area contributed by atoms with Crippen LogP contribution in [-0.4, -0.2) is 22.6 Å². The quantitative estimate of drug-likeness (QED) is 0.839. The van der Waals surface area contributed by atoms with Crippen molar-refractivity contribution in [2.24, 2.45) is 11.8 Å². The lowest BCUT2D eigenvalue weighted by Gasteiger charge is -2.18. The molecule has 2 aliphatic rings. The molecule has 3 rings (SSSR count). The monoisotopic (exact) mass is 247 g/mol. The third-order valence-corrected chi connectivity index (χ3v) is 3.68. The molecule has 0 amide bonds. The summed E-state index contributed by atoms with van der Waals surface area (Å²) in [4.78, 5) is 8.91. The first-order chi connectivity index (χ1) is 8.76. The molecule has 1 aromatic rings. The summed E-state index contributed by atoms with van der Waals surface area (Å²) in [5, 5.41) is 3.54. The average molecular weight is 247 g/mol. The van der Waals surface area contributed by atoms with Crippen molar-refractivity contribution in [1.29, 1.82) is 0 Å². The molecule has 1 N–H and O–H groups in total. The molecule has 2 saturated carbocycles. The maximum atomic E-state index is 5.47. The Labute approximate surface area is 108 Å². The van der Waals surface area contributed by atoms with Crippen LogP contribution in [0.2, 0.25) is 0 Å². The maximum Gasteiger partial charge on any atom is 0.226 e. The molecule has 0 saturated heterocycles. The van der Waals surface area contributed by atoms with Crippen LogP contribution in [-0.2, 0) is 0 Å². The lowest BCUT2D eigenvalue weighted by Crippen LogP contribution is -2.25. The summed E-state index contributed by atoms with van der Waals surface area (Å²) in [6.07, 6.45) is 5.44. The Bertz CT molecular complexity index is 415. The van der Waals surface area contributed by atoms with Gasteiger partial charge in [-0.15, -0.1) is 0 Å². The molecular weight excluding hydrogens is 226 g/mol. The zero-order valence-corrected chi connectivity index (χ0v) is 11.1. The van der Waals surface area contributed by atoms with E-state index in [1.165, 1.54) is 25.7 Å². The molecule has 2 fully saturated rings. The summed E-state index contributed by atoms with van der Waals surface area (Å²) in [7, 11) is 0. The van der Waals surface area contributed by atoms with Crippen LogP contribution >= 0.6 is 0 Å². The second-order valence-electron chi connectivity index (χ2n) is 5.45. The van der Waals surface area contributed by atoms with Crippen molar-refractivity contribution in [2.75, 3.05) is 11.9 Å². The predicted molar refractivity (Wildman–Crippen MR) is 70.8 cm³/mol. The van der Waals surface area contributed by atoms with Gasteiger partial charge in [-0.2, -0.15) is 4.98 Å². The van der Waals surface area contributed by atoms with Crippen LogP contribution in [0.4, 0.5) is 5.95 Å². The zero-order valence-electron chi connectivity index (χ0n) is 11.1. The lowest BCUT2D eigenvalue weighted by molar-refractivity contribution is 0.326. The maximum absolute atomic E-state index is 5.47. The second kappa shape index (κ2) is 4.75. The van der Waals surface area contributed by atoms with Crippen molar-refractivity contribution in [2.45, 2.75) is 45.6 Å². The molecule has 4 heteroatoms. The van der Waals surface area contributed by atoms with Crippen LogP contribution in [0, 0.1) is 18.8 Å². The fourth-order valence-electron chi connectivity index (χ4n) is 2.51. The number of ether oxygens (including phenoxy) is 1. The average Bonchev–Trinajstić information content (AvgIpc) is 3.18. The SMILES string of the molecule is CCOc1cc(C)nc(NC(C2CC2)C2CC2)n1. The highest BCUT2D eigenvalue weighted by Gasteiger charge is 2.41. The highest BCUT2D eigenvalue weighted by Crippen LogP contribution is 2.45. The molecule has 0 spiro atoms. The summed E-state index contributed by atoms with van der Waals surface area (Å²) in [6, 6.07) is 2.47. The van der Waals surface area contributed by atoms with E-state index < -0.39 is 0 Å². The van der Waals surface area contributed by atoms with Gasteiger partial charge in [0.25, 0.3) is 0 Å². The number of aromatic nitrogens is 2. The van der Waals surface area contributed by atoms with Gasteiger partial charge in [0.1, 0.15) is 0 Å². The Morgan fingerprint density at radius 1 is 1.28 bits per heavy atom. The summed E-state index contributed by atoms with van der Waals surface area (Å²) in [5.74, 6) is 3.11. The van der Waals surface area contributed by atoms with Gasteiger partial charge >= 0.3 is 0 Å². The van der Waals surface area contributed by atoms with Gasteiger partial charge in [0.05, 0.1) is 6.61 Å². The number of aryl methyl sites for hydroxylation is 1. The van der Waals surface area contributed by atoms with Gasteiger partial charge in [0, 0.05) is 17.8 Å². The van der Waals surface area contributed by atoms with Crippen LogP contribution < -0.4 is 10.1 Å². The molecule has 98 valence electrons. The fraction of sp³-hybridized carbons (Fsp3) is 0.714. The Kier molecular flexibility index (Phi) is 3.10. The van der Waals surface area contributed by atoms with Crippen molar-refractivity contribution >= 4 is 5.95 Å². The number of hydrogen-bond acceptors (Lipinski definition) is 4. The first-order valence-electron chi connectivity index (χ1n) is 7.01. The van der Waals surface area contributed by atoms with E-state index in [0.717, 1.165) is 23.5 Å². The van der Waals surface area contributed by atoms with Crippen molar-refractivity contribution in [3.05, 3.63) is 11.8 Å². The van der Waals surface area contributed by atoms with E-state index in [2.05, 4.69) is 15.3 Å². The standard InChI is InChI=1S/C14H21N3O/c1-3-18-12-8-9(2)15-14(16-12)17-13(10-4-5-10)11-6-7-11/h8,10-11,13H,3-7H2,1-2H3,(H,15,16,17). The predicted octanol–water partition coefficient (Wildman–Crippen LogP) is 2.78. The number of nitrogens with one attached hydrogen (secondary N) is 1. The summed E-state index contributed by atoms with van der Waals surface area (Å²) < 4.78 is 5.47.